The van der Waals surface area contributed by atoms with Crippen molar-refractivity contribution in [1.29, 1.82) is 0 Å². The highest BCUT2D eigenvalue weighted by Crippen LogP contribution is 2.25. The van der Waals surface area contributed by atoms with E-state index in [1.54, 1.807) is 18.2 Å². The van der Waals surface area contributed by atoms with Gasteiger partial charge in [0.15, 0.2) is 0 Å². The summed E-state index contributed by atoms with van der Waals surface area (Å²) in [6.45, 7) is 0. The molecule has 0 aliphatic carbocycles. The number of hydrogen-bond acceptors (Lipinski definition) is 2. The summed E-state index contributed by atoms with van der Waals surface area (Å²) < 4.78 is 0. The number of carbonyl (C=O) groups excluding carboxylic acids is 1. The van der Waals surface area contributed by atoms with Crippen LogP contribution in [0.1, 0.15) is 0 Å². The molecule has 0 atom stereocenters. The number of benzene rings is 1. The van der Waals surface area contributed by atoms with Gasteiger partial charge in [0.25, 0.3) is 0 Å². The second-order valence-electron chi connectivity index (χ2n) is 3.15. The van der Waals surface area contributed by atoms with Gasteiger partial charge in [0, 0.05) is 22.1 Å². The molecule has 1 heterocycles. The molecule has 0 bridgehead atoms. The molecule has 5 nitrogen and oxygen atoms in total. The molecule has 82 valence electrons. The molecule has 0 aliphatic rings. The van der Waals surface area contributed by atoms with Crippen molar-refractivity contribution < 1.29 is 14.7 Å². The van der Waals surface area contributed by atoms with Gasteiger partial charge in [0.1, 0.15) is 0 Å². The highest BCUT2D eigenvalue weighted by Gasteiger charge is 2.13. The zero-order chi connectivity index (χ0) is 11.7. The number of hydrogen-bond donors (Lipinski definition) is 3. The summed E-state index contributed by atoms with van der Waals surface area (Å²) in [6.07, 6.45) is 1.52. The van der Waals surface area contributed by atoms with Gasteiger partial charge in [-0.2, -0.15) is 0 Å². The van der Waals surface area contributed by atoms with Crippen LogP contribution in [0, 0.1) is 0 Å². The molecular weight excluding hydrogens is 232 g/mol. The molecule has 0 aliphatic heterocycles. The lowest BCUT2D eigenvalue weighted by Gasteiger charge is -1.99. The average molecular weight is 239 g/mol. The Balaban J connectivity index is 2.41. The Morgan fingerprint density at radius 2 is 2.12 bits per heavy atom. The number of carboxylic acid groups (broad SMARTS) is 1. The van der Waals surface area contributed by atoms with Crippen molar-refractivity contribution in [3.05, 3.63) is 29.4 Å². The van der Waals surface area contributed by atoms with Crippen molar-refractivity contribution >= 4 is 40.1 Å². The monoisotopic (exact) mass is 238 g/mol. The van der Waals surface area contributed by atoms with E-state index in [9.17, 15) is 9.59 Å². The van der Waals surface area contributed by atoms with Gasteiger partial charge in [-0.15, -0.1) is 0 Å². The summed E-state index contributed by atoms with van der Waals surface area (Å²) in [5.41, 5.74) is 1.16. The Labute approximate surface area is 95.0 Å². The SMILES string of the molecule is O=C(O)C(=O)Nc1c[nH]c2ccc(Cl)cc12. The summed E-state index contributed by atoms with van der Waals surface area (Å²) in [5, 5.41) is 11.9. The van der Waals surface area contributed by atoms with Gasteiger partial charge < -0.3 is 15.4 Å². The number of carboxylic acids is 1. The number of fused-ring (bicyclic) bond motifs is 1. The molecule has 0 fully saturated rings. The van der Waals surface area contributed by atoms with E-state index in [0.29, 0.717) is 16.1 Å². The lowest BCUT2D eigenvalue weighted by atomic mass is 10.2. The van der Waals surface area contributed by atoms with Gasteiger partial charge in [-0.3, -0.25) is 4.79 Å². The molecule has 0 radical (unpaired) electrons. The van der Waals surface area contributed by atoms with Gasteiger partial charge in [-0.25, -0.2) is 4.79 Å². The molecule has 1 aromatic carbocycles. The number of H-pyrrole nitrogens is 1. The van der Waals surface area contributed by atoms with Crippen molar-refractivity contribution in [2.45, 2.75) is 0 Å². The summed E-state index contributed by atoms with van der Waals surface area (Å²) in [4.78, 5) is 24.3. The molecule has 6 heteroatoms. The first-order valence-corrected chi connectivity index (χ1v) is 4.76. The van der Waals surface area contributed by atoms with Crippen LogP contribution >= 0.6 is 11.6 Å². The largest absolute Gasteiger partial charge is 0.474 e. The Morgan fingerprint density at radius 1 is 1.38 bits per heavy atom. The minimum Gasteiger partial charge on any atom is -0.474 e. The zero-order valence-corrected chi connectivity index (χ0v) is 8.71. The molecule has 3 N–H and O–H groups in total. The first kappa shape index (κ1) is 10.5. The molecule has 16 heavy (non-hydrogen) atoms. The van der Waals surface area contributed by atoms with Crippen molar-refractivity contribution in [1.82, 2.24) is 4.98 Å². The van der Waals surface area contributed by atoms with E-state index in [0.717, 1.165) is 5.52 Å². The van der Waals surface area contributed by atoms with E-state index in [4.69, 9.17) is 16.7 Å². The van der Waals surface area contributed by atoms with Crippen LogP contribution in [0.2, 0.25) is 5.02 Å². The molecule has 1 amide bonds. The highest BCUT2D eigenvalue weighted by atomic mass is 35.5. The maximum absolute atomic E-state index is 11.0. The van der Waals surface area contributed by atoms with Gasteiger partial charge in [-0.05, 0) is 18.2 Å². The highest BCUT2D eigenvalue weighted by molar-refractivity contribution is 6.37. The van der Waals surface area contributed by atoms with Gasteiger partial charge in [0.2, 0.25) is 0 Å². The smallest absolute Gasteiger partial charge is 0.394 e. The van der Waals surface area contributed by atoms with Crippen molar-refractivity contribution in [3.63, 3.8) is 0 Å². The topological polar surface area (TPSA) is 82.2 Å². The number of aliphatic carboxylic acids is 1. The normalized spacial score (nSPS) is 10.3. The zero-order valence-electron chi connectivity index (χ0n) is 7.95. The maximum atomic E-state index is 11.0. The molecule has 0 saturated carbocycles. The van der Waals surface area contributed by atoms with Crippen molar-refractivity contribution in [2.24, 2.45) is 0 Å². The molecule has 0 unspecified atom stereocenters. The molecule has 0 saturated heterocycles. The van der Waals surface area contributed by atoms with Gasteiger partial charge >= 0.3 is 11.9 Å². The third-order valence-corrected chi connectivity index (χ3v) is 2.32. The van der Waals surface area contributed by atoms with Crippen LogP contribution in [-0.2, 0) is 9.59 Å². The third kappa shape index (κ3) is 1.85. The number of anilines is 1. The molecule has 1 aromatic heterocycles. The van der Waals surface area contributed by atoms with E-state index in [1.807, 2.05) is 0 Å². The fraction of sp³-hybridized carbons (Fsp3) is 0. The third-order valence-electron chi connectivity index (χ3n) is 2.09. The summed E-state index contributed by atoms with van der Waals surface area (Å²) in [6, 6.07) is 5.09. The molecule has 2 aromatic rings. The number of aromatic nitrogens is 1. The van der Waals surface area contributed by atoms with Crippen LogP contribution in [0.5, 0.6) is 0 Å². The fourth-order valence-corrected chi connectivity index (χ4v) is 1.54. The number of halogens is 1. The van der Waals surface area contributed by atoms with Crippen LogP contribution < -0.4 is 5.32 Å². The Bertz CT molecular complexity index is 576. The Hall–Kier alpha value is -2.01. The van der Waals surface area contributed by atoms with E-state index in [-0.39, 0.29) is 0 Å². The number of amides is 1. The molecule has 2 rings (SSSR count). The van der Waals surface area contributed by atoms with Gasteiger partial charge in [-0.1, -0.05) is 11.6 Å². The summed E-state index contributed by atoms with van der Waals surface area (Å²) in [5.74, 6) is -2.61. The van der Waals surface area contributed by atoms with Crippen molar-refractivity contribution in [2.75, 3.05) is 5.32 Å². The van der Waals surface area contributed by atoms with Crippen LogP contribution in [0.25, 0.3) is 10.9 Å². The minimum absolute atomic E-state index is 0.393. The van der Waals surface area contributed by atoms with E-state index in [1.165, 1.54) is 6.20 Å². The molecule has 0 spiro atoms. The Morgan fingerprint density at radius 3 is 2.81 bits per heavy atom. The van der Waals surface area contributed by atoms with E-state index in [2.05, 4.69) is 10.3 Å². The minimum atomic E-state index is -1.53. The van der Waals surface area contributed by atoms with Crippen LogP contribution in [0.4, 0.5) is 5.69 Å². The standard InChI is InChI=1S/C10H7ClN2O3/c11-5-1-2-7-6(3-5)8(4-12-7)13-9(14)10(15)16/h1-4,12H,(H,13,14)(H,15,16). The van der Waals surface area contributed by atoms with Crippen LogP contribution in [0.15, 0.2) is 24.4 Å². The van der Waals surface area contributed by atoms with Crippen LogP contribution in [-0.4, -0.2) is 22.0 Å². The number of aromatic amines is 1. The maximum Gasteiger partial charge on any atom is 0.394 e. The lowest BCUT2D eigenvalue weighted by molar-refractivity contribution is -0.147. The lowest BCUT2D eigenvalue weighted by Crippen LogP contribution is -2.21. The second kappa shape index (κ2) is 3.86. The molecular formula is C10H7ClN2O3. The Kier molecular flexibility index (Phi) is 2.54. The first-order chi connectivity index (χ1) is 7.58. The number of rotatable bonds is 1. The number of carbonyl (C=O) groups is 2. The summed E-state index contributed by atoms with van der Waals surface area (Å²) >= 11 is 5.80. The van der Waals surface area contributed by atoms with Gasteiger partial charge in [0.05, 0.1) is 5.69 Å². The van der Waals surface area contributed by atoms with Crippen molar-refractivity contribution in [3.8, 4) is 0 Å². The van der Waals surface area contributed by atoms with Crippen LogP contribution in [0.3, 0.4) is 0 Å². The van der Waals surface area contributed by atoms with E-state index >= 15 is 0 Å². The first-order valence-electron chi connectivity index (χ1n) is 4.39. The predicted molar refractivity (Wildman–Crippen MR) is 59.6 cm³/mol. The average Bonchev–Trinajstić information content (AvgIpc) is 2.61. The second-order valence-corrected chi connectivity index (χ2v) is 3.59. The number of nitrogens with one attached hydrogen (secondary N) is 2. The predicted octanol–water partition coefficient (Wildman–Crippen LogP) is 1.84. The fourth-order valence-electron chi connectivity index (χ4n) is 1.37. The van der Waals surface area contributed by atoms with E-state index < -0.39 is 11.9 Å². The quantitative estimate of drug-likeness (QED) is 0.663. The summed E-state index contributed by atoms with van der Waals surface area (Å²) in [7, 11) is 0.